The molecule has 4 heteroatoms. The van der Waals surface area contributed by atoms with Gasteiger partial charge in [0.2, 0.25) is 0 Å². The Hall–Kier alpha value is -1.94. The molecule has 1 heterocycles. The molecule has 0 aliphatic carbocycles. The maximum Gasteiger partial charge on any atom is 0.198 e. The van der Waals surface area contributed by atoms with Crippen LogP contribution in [-0.2, 0) is 0 Å². The molecule has 2 aromatic rings. The van der Waals surface area contributed by atoms with Gasteiger partial charge < -0.3 is 10.1 Å². The van der Waals surface area contributed by atoms with Crippen molar-refractivity contribution in [2.45, 2.75) is 51.4 Å². The smallest absolute Gasteiger partial charge is 0.198 e. The number of benzene rings is 2. The summed E-state index contributed by atoms with van der Waals surface area (Å²) in [6.45, 7) is 4.28. The summed E-state index contributed by atoms with van der Waals surface area (Å²) in [4.78, 5) is 0. The summed E-state index contributed by atoms with van der Waals surface area (Å²) >= 11 is 0. The molecule has 0 radical (unpaired) electrons. The second kappa shape index (κ2) is 9.84. The summed E-state index contributed by atoms with van der Waals surface area (Å²) in [5.74, 6) is -0.279. The molecular formula is C23H29F2NO. The van der Waals surface area contributed by atoms with Crippen LogP contribution in [0.3, 0.4) is 0 Å². The topological polar surface area (TPSA) is 21.3 Å². The van der Waals surface area contributed by atoms with Crippen molar-refractivity contribution in [3.63, 3.8) is 0 Å². The zero-order chi connectivity index (χ0) is 19.1. The molecule has 0 saturated carbocycles. The number of piperidine rings is 1. The lowest BCUT2D eigenvalue weighted by molar-refractivity contribution is 0.341. The van der Waals surface area contributed by atoms with E-state index in [1.54, 1.807) is 30.3 Å². The summed E-state index contributed by atoms with van der Waals surface area (Å²) in [5.41, 5.74) is 0.562. The maximum absolute atomic E-state index is 15.1. The summed E-state index contributed by atoms with van der Waals surface area (Å²) in [7, 11) is 0. The number of hydrogen-bond donors (Lipinski definition) is 1. The number of hydrogen-bond acceptors (Lipinski definition) is 2. The number of ether oxygens (including phenoxy) is 1. The fourth-order valence-electron chi connectivity index (χ4n) is 3.97. The highest BCUT2D eigenvalue weighted by Crippen LogP contribution is 2.36. The quantitative estimate of drug-likeness (QED) is 0.576. The van der Waals surface area contributed by atoms with Crippen LogP contribution in [-0.4, -0.2) is 13.1 Å². The molecule has 1 saturated heterocycles. The second-order valence-electron chi connectivity index (χ2n) is 7.44. The van der Waals surface area contributed by atoms with E-state index in [0.717, 1.165) is 38.3 Å². The van der Waals surface area contributed by atoms with Gasteiger partial charge in [-0.05, 0) is 80.8 Å². The van der Waals surface area contributed by atoms with Crippen molar-refractivity contribution < 1.29 is 13.5 Å². The van der Waals surface area contributed by atoms with Gasteiger partial charge in [-0.25, -0.2) is 8.78 Å². The number of para-hydroxylation sites is 1. The van der Waals surface area contributed by atoms with Crippen LogP contribution in [0.15, 0.2) is 42.5 Å². The minimum atomic E-state index is -0.664. The molecule has 2 nitrogen and oxygen atoms in total. The largest absolute Gasteiger partial charge is 0.451 e. The first-order valence-electron chi connectivity index (χ1n) is 10.1. The lowest BCUT2D eigenvalue weighted by atomic mass is 9.87. The molecule has 0 amide bonds. The summed E-state index contributed by atoms with van der Waals surface area (Å²) in [6.07, 6.45) is 6.51. The highest BCUT2D eigenvalue weighted by atomic mass is 19.1. The molecule has 0 bridgehead atoms. The normalized spacial score (nSPS) is 18.3. The SMILES string of the molecule is CCC(CCCC1CCCNC1)c1ccc(F)c(Oc2ccccc2)c1F. The highest BCUT2D eigenvalue weighted by Gasteiger charge is 2.22. The Morgan fingerprint density at radius 2 is 1.96 bits per heavy atom. The maximum atomic E-state index is 15.1. The van der Waals surface area contributed by atoms with Gasteiger partial charge in [0.15, 0.2) is 17.4 Å². The average molecular weight is 373 g/mol. The van der Waals surface area contributed by atoms with Crippen LogP contribution in [0.5, 0.6) is 11.5 Å². The molecular weight excluding hydrogens is 344 g/mol. The minimum absolute atomic E-state index is 0.0836. The third kappa shape index (κ3) is 5.29. The standard InChI is InChI=1S/C23H29F2NO/c1-2-18(10-6-8-17-9-7-15-26-16-17)20-13-14-21(24)23(22(20)25)27-19-11-4-3-5-12-19/h3-5,11-14,17-18,26H,2,6-10,15-16H2,1H3. The van der Waals surface area contributed by atoms with E-state index in [4.69, 9.17) is 4.74 Å². The van der Waals surface area contributed by atoms with Crippen LogP contribution in [0.1, 0.15) is 56.9 Å². The monoisotopic (exact) mass is 373 g/mol. The van der Waals surface area contributed by atoms with Gasteiger partial charge in [-0.15, -0.1) is 0 Å². The molecule has 146 valence electrons. The first-order chi connectivity index (χ1) is 13.2. The third-order valence-corrected chi connectivity index (χ3v) is 5.54. The molecule has 2 atom stereocenters. The van der Waals surface area contributed by atoms with E-state index in [2.05, 4.69) is 12.2 Å². The van der Waals surface area contributed by atoms with Crippen molar-refractivity contribution in [1.29, 1.82) is 0 Å². The number of rotatable bonds is 8. The van der Waals surface area contributed by atoms with Crippen molar-refractivity contribution in [1.82, 2.24) is 5.32 Å². The molecule has 27 heavy (non-hydrogen) atoms. The van der Waals surface area contributed by atoms with E-state index in [0.29, 0.717) is 11.3 Å². The van der Waals surface area contributed by atoms with E-state index in [-0.39, 0.29) is 11.7 Å². The van der Waals surface area contributed by atoms with Crippen LogP contribution < -0.4 is 10.1 Å². The zero-order valence-corrected chi connectivity index (χ0v) is 16.0. The first kappa shape index (κ1) is 19.8. The lowest BCUT2D eigenvalue weighted by Crippen LogP contribution is -2.29. The van der Waals surface area contributed by atoms with E-state index in [1.807, 2.05) is 6.07 Å². The Morgan fingerprint density at radius 1 is 1.15 bits per heavy atom. The summed E-state index contributed by atoms with van der Waals surface area (Å²) in [5, 5.41) is 3.45. The number of nitrogens with one attached hydrogen (secondary N) is 1. The van der Waals surface area contributed by atoms with Gasteiger partial charge >= 0.3 is 0 Å². The van der Waals surface area contributed by atoms with Gasteiger partial charge in [0.1, 0.15) is 5.75 Å². The van der Waals surface area contributed by atoms with E-state index in [1.165, 1.54) is 25.3 Å². The van der Waals surface area contributed by atoms with Gasteiger partial charge in [0, 0.05) is 0 Å². The molecule has 1 aliphatic heterocycles. The number of halogens is 2. The molecule has 2 aromatic carbocycles. The zero-order valence-electron chi connectivity index (χ0n) is 16.0. The predicted octanol–water partition coefficient (Wildman–Crippen LogP) is 6.42. The van der Waals surface area contributed by atoms with E-state index in [9.17, 15) is 4.39 Å². The van der Waals surface area contributed by atoms with Crippen LogP contribution in [0.4, 0.5) is 8.78 Å². The fourth-order valence-corrected chi connectivity index (χ4v) is 3.97. The van der Waals surface area contributed by atoms with Crippen LogP contribution in [0.25, 0.3) is 0 Å². The molecule has 3 rings (SSSR count). The summed E-state index contributed by atoms with van der Waals surface area (Å²) < 4.78 is 34.8. The molecule has 0 spiro atoms. The molecule has 1 fully saturated rings. The van der Waals surface area contributed by atoms with Gasteiger partial charge in [0.25, 0.3) is 0 Å². The Morgan fingerprint density at radius 3 is 2.67 bits per heavy atom. The molecule has 1 aliphatic rings. The minimum Gasteiger partial charge on any atom is -0.451 e. The predicted molar refractivity (Wildman–Crippen MR) is 105 cm³/mol. The van der Waals surface area contributed by atoms with Gasteiger partial charge in [-0.2, -0.15) is 0 Å². The van der Waals surface area contributed by atoms with Crippen molar-refractivity contribution in [3.05, 3.63) is 59.7 Å². The Labute approximate surface area is 160 Å². The van der Waals surface area contributed by atoms with Crippen molar-refractivity contribution in [2.75, 3.05) is 13.1 Å². The second-order valence-corrected chi connectivity index (χ2v) is 7.44. The molecule has 0 aromatic heterocycles. The Balaban J connectivity index is 1.68. The van der Waals surface area contributed by atoms with E-state index < -0.39 is 11.6 Å². The average Bonchev–Trinajstić information content (AvgIpc) is 2.71. The lowest BCUT2D eigenvalue weighted by Gasteiger charge is -2.24. The first-order valence-corrected chi connectivity index (χ1v) is 10.1. The van der Waals surface area contributed by atoms with Crippen molar-refractivity contribution in [2.24, 2.45) is 5.92 Å². The van der Waals surface area contributed by atoms with Gasteiger partial charge in [-0.3, -0.25) is 0 Å². The van der Waals surface area contributed by atoms with Crippen LogP contribution >= 0.6 is 0 Å². The Kier molecular flexibility index (Phi) is 7.22. The summed E-state index contributed by atoms with van der Waals surface area (Å²) in [6, 6.07) is 11.7. The Bertz CT molecular complexity index is 714. The highest BCUT2D eigenvalue weighted by molar-refractivity contribution is 5.38. The van der Waals surface area contributed by atoms with Crippen molar-refractivity contribution >= 4 is 0 Å². The van der Waals surface area contributed by atoms with Crippen LogP contribution in [0, 0.1) is 17.6 Å². The van der Waals surface area contributed by atoms with Crippen molar-refractivity contribution in [3.8, 4) is 11.5 Å². The third-order valence-electron chi connectivity index (χ3n) is 5.54. The van der Waals surface area contributed by atoms with Crippen LogP contribution in [0.2, 0.25) is 0 Å². The molecule has 1 N–H and O–H groups in total. The van der Waals surface area contributed by atoms with Gasteiger partial charge in [-0.1, -0.05) is 37.6 Å². The van der Waals surface area contributed by atoms with E-state index >= 15 is 4.39 Å². The van der Waals surface area contributed by atoms with Gasteiger partial charge in [0.05, 0.1) is 0 Å². The fraction of sp³-hybridized carbons (Fsp3) is 0.478. The molecule has 2 unspecified atom stereocenters.